The second-order valence-corrected chi connectivity index (χ2v) is 9.82. The maximum atomic E-state index is 13.1. The average molecular weight is 456 g/mol. The van der Waals surface area contributed by atoms with Gasteiger partial charge in [0, 0.05) is 17.9 Å². The fourth-order valence-electron chi connectivity index (χ4n) is 4.69. The van der Waals surface area contributed by atoms with Gasteiger partial charge in [-0.15, -0.1) is 0 Å². The molecule has 0 aliphatic carbocycles. The number of rotatable bonds is 4. The van der Waals surface area contributed by atoms with Crippen LogP contribution in [0.1, 0.15) is 47.5 Å². The number of cyclic esters (lactones) is 1. The summed E-state index contributed by atoms with van der Waals surface area (Å²) in [6.45, 7) is 9.32. The van der Waals surface area contributed by atoms with Crippen LogP contribution in [0.2, 0.25) is 0 Å². The highest BCUT2D eigenvalue weighted by Gasteiger charge is 2.41. The summed E-state index contributed by atoms with van der Waals surface area (Å²) in [4.78, 5) is 27.7. The van der Waals surface area contributed by atoms with Crippen LogP contribution < -0.4 is 0 Å². The summed E-state index contributed by atoms with van der Waals surface area (Å²) in [7, 11) is 3.79. The van der Waals surface area contributed by atoms with Gasteiger partial charge in [0.1, 0.15) is 12.2 Å². The van der Waals surface area contributed by atoms with Crippen LogP contribution in [0.4, 0.5) is 0 Å². The van der Waals surface area contributed by atoms with Crippen LogP contribution in [0.5, 0.6) is 0 Å². The van der Waals surface area contributed by atoms with Crippen molar-refractivity contribution in [3.8, 4) is 0 Å². The molecule has 2 aliphatic heterocycles. The molecule has 0 unspecified atom stereocenters. The molecule has 0 aromatic rings. The number of ketones is 1. The summed E-state index contributed by atoms with van der Waals surface area (Å²) in [6, 6.07) is -0.122. The first kappa shape index (κ1) is 26.9. The Labute approximate surface area is 191 Å². The van der Waals surface area contributed by atoms with Crippen molar-refractivity contribution in [3.05, 3.63) is 12.2 Å². The summed E-state index contributed by atoms with van der Waals surface area (Å²) in [5.41, 5.74) is 0. The highest BCUT2D eigenvalue weighted by Crippen LogP contribution is 2.31. The zero-order chi connectivity index (χ0) is 24.2. The number of allylic oxidation sites excluding steroid dienone is 1. The molecule has 1 saturated heterocycles. The maximum Gasteiger partial charge on any atom is 0.311 e. The predicted octanol–water partition coefficient (Wildman–Crippen LogP) is 1.78. The molecule has 2 N–H and O–H groups in total. The van der Waals surface area contributed by atoms with Crippen LogP contribution in [-0.4, -0.2) is 84.3 Å². The van der Waals surface area contributed by atoms with Crippen LogP contribution >= 0.6 is 0 Å². The van der Waals surface area contributed by atoms with Crippen LogP contribution in [0.15, 0.2) is 12.2 Å². The molecule has 0 saturated carbocycles. The Morgan fingerprint density at radius 1 is 1.19 bits per heavy atom. The van der Waals surface area contributed by atoms with E-state index in [9.17, 15) is 19.8 Å². The number of hydrogen-bond donors (Lipinski definition) is 2. The number of nitrogens with zero attached hydrogens (tertiary/aromatic N) is 1. The third-order valence-electron chi connectivity index (χ3n) is 6.77. The fourth-order valence-corrected chi connectivity index (χ4v) is 4.69. The van der Waals surface area contributed by atoms with Gasteiger partial charge in [-0.2, -0.15) is 0 Å². The monoisotopic (exact) mass is 455 g/mol. The van der Waals surface area contributed by atoms with Gasteiger partial charge in [-0.1, -0.05) is 26.8 Å². The molecule has 2 heterocycles. The fraction of sp³-hybridized carbons (Fsp3) is 0.833. The van der Waals surface area contributed by atoms with E-state index < -0.39 is 42.6 Å². The third-order valence-corrected chi connectivity index (χ3v) is 6.77. The zero-order valence-electron chi connectivity index (χ0n) is 20.4. The Morgan fingerprint density at radius 2 is 1.84 bits per heavy atom. The normalized spacial score (nSPS) is 42.0. The van der Waals surface area contributed by atoms with Crippen molar-refractivity contribution in [1.29, 1.82) is 0 Å². The highest BCUT2D eigenvalue weighted by molar-refractivity contribution is 5.91. The molecule has 8 nitrogen and oxygen atoms in total. The largest absolute Gasteiger partial charge is 0.459 e. The molecule has 2 aliphatic rings. The molecule has 0 aromatic heterocycles. The number of aliphatic hydroxyl groups excluding tert-OH is 2. The molecule has 0 bridgehead atoms. The quantitative estimate of drug-likeness (QED) is 0.618. The summed E-state index contributed by atoms with van der Waals surface area (Å²) in [6.07, 6.45) is 0.330. The maximum absolute atomic E-state index is 13.1. The van der Waals surface area contributed by atoms with Crippen molar-refractivity contribution in [2.45, 2.75) is 84.2 Å². The Kier molecular flexibility index (Phi) is 9.85. The van der Waals surface area contributed by atoms with E-state index in [1.54, 1.807) is 26.8 Å². The number of carbonyl (C=O) groups is 2. The Balaban J connectivity index is 2.32. The standard InChI is InChI=1S/C24H41NO7/c1-13-8-9-19(27)14(2)12-15(3)21(16(4)23(29)31-22(13)17(5)26)32-24-20(28)18(25(6)7)10-11-30-24/h8-9,13-18,20-22,24,26,28H,10-12H2,1-7H3/b9-8+/t13-,14-,15-,16-,17-,18-,20+,21-,22-,24-/m0/s1. The second-order valence-electron chi connectivity index (χ2n) is 9.82. The van der Waals surface area contributed by atoms with Gasteiger partial charge in [-0.25, -0.2) is 0 Å². The minimum absolute atomic E-state index is 0.0204. The molecule has 10 atom stereocenters. The Hall–Kier alpha value is -1.32. The second kappa shape index (κ2) is 11.7. The summed E-state index contributed by atoms with van der Waals surface area (Å²) < 4.78 is 17.7. The van der Waals surface area contributed by atoms with Gasteiger partial charge >= 0.3 is 5.97 Å². The predicted molar refractivity (Wildman–Crippen MR) is 120 cm³/mol. The van der Waals surface area contributed by atoms with Crippen molar-refractivity contribution in [1.82, 2.24) is 4.90 Å². The Morgan fingerprint density at radius 3 is 2.44 bits per heavy atom. The number of hydrogen-bond acceptors (Lipinski definition) is 8. The van der Waals surface area contributed by atoms with E-state index >= 15 is 0 Å². The lowest BCUT2D eigenvalue weighted by Crippen LogP contribution is -2.54. The highest BCUT2D eigenvalue weighted by atomic mass is 16.7. The van der Waals surface area contributed by atoms with E-state index in [4.69, 9.17) is 14.2 Å². The molecule has 0 aromatic carbocycles. The average Bonchev–Trinajstić information content (AvgIpc) is 2.72. The van der Waals surface area contributed by atoms with E-state index in [2.05, 4.69) is 0 Å². The van der Waals surface area contributed by atoms with Crippen molar-refractivity contribution >= 4 is 11.8 Å². The van der Waals surface area contributed by atoms with Gasteiger partial charge in [-0.05, 0) is 52.8 Å². The number of ether oxygens (including phenoxy) is 3. The van der Waals surface area contributed by atoms with Crippen LogP contribution in [-0.2, 0) is 23.8 Å². The summed E-state index contributed by atoms with van der Waals surface area (Å²) >= 11 is 0. The molecule has 32 heavy (non-hydrogen) atoms. The van der Waals surface area contributed by atoms with Crippen LogP contribution in [0.3, 0.4) is 0 Å². The van der Waals surface area contributed by atoms with Gasteiger partial charge in [0.25, 0.3) is 0 Å². The molecular weight excluding hydrogens is 414 g/mol. The van der Waals surface area contributed by atoms with Crippen molar-refractivity contribution < 1.29 is 34.0 Å². The molecule has 184 valence electrons. The van der Waals surface area contributed by atoms with E-state index in [1.165, 1.54) is 6.08 Å². The number of esters is 1. The number of aliphatic hydroxyl groups is 2. The van der Waals surface area contributed by atoms with Gasteiger partial charge in [0.15, 0.2) is 12.1 Å². The third kappa shape index (κ3) is 6.60. The smallest absolute Gasteiger partial charge is 0.311 e. The lowest BCUT2D eigenvalue weighted by molar-refractivity contribution is -0.262. The lowest BCUT2D eigenvalue weighted by atomic mass is 9.84. The van der Waals surface area contributed by atoms with E-state index in [0.717, 1.165) is 0 Å². The molecule has 0 radical (unpaired) electrons. The molecule has 0 spiro atoms. The summed E-state index contributed by atoms with van der Waals surface area (Å²) in [5.74, 6) is -1.96. The minimum atomic E-state index is -0.901. The SMILES string of the molecule is C[C@H](O)[C@H]1OC(=O)[C@@H](C)[C@@H](O[C@@H]2OCC[C@H](N(C)C)[C@H]2O)[C@@H](C)C[C@H](C)C(=O)/C=C/[C@@H]1C. The molecule has 8 heteroatoms. The molecule has 1 fully saturated rings. The minimum Gasteiger partial charge on any atom is -0.459 e. The van der Waals surface area contributed by atoms with Crippen molar-refractivity contribution in [3.63, 3.8) is 0 Å². The Bertz CT molecular complexity index is 665. The van der Waals surface area contributed by atoms with Crippen molar-refractivity contribution in [2.75, 3.05) is 20.7 Å². The molecule has 0 amide bonds. The van der Waals surface area contributed by atoms with Crippen LogP contribution in [0, 0.1) is 23.7 Å². The molecule has 2 rings (SSSR count). The van der Waals surface area contributed by atoms with Crippen LogP contribution in [0.25, 0.3) is 0 Å². The van der Waals surface area contributed by atoms with E-state index in [0.29, 0.717) is 19.4 Å². The first-order valence-corrected chi connectivity index (χ1v) is 11.7. The van der Waals surface area contributed by atoms with Gasteiger partial charge in [0.2, 0.25) is 0 Å². The topological polar surface area (TPSA) is 106 Å². The van der Waals surface area contributed by atoms with Crippen molar-refractivity contribution in [2.24, 2.45) is 23.7 Å². The first-order valence-electron chi connectivity index (χ1n) is 11.7. The van der Waals surface area contributed by atoms with Gasteiger partial charge in [-0.3, -0.25) is 9.59 Å². The van der Waals surface area contributed by atoms with E-state index in [-0.39, 0.29) is 29.6 Å². The number of carbonyl (C=O) groups excluding carboxylic acids is 2. The zero-order valence-corrected chi connectivity index (χ0v) is 20.4. The van der Waals surface area contributed by atoms with Gasteiger partial charge < -0.3 is 29.3 Å². The number of likely N-dealkylation sites (N-methyl/N-ethyl adjacent to an activating group) is 1. The van der Waals surface area contributed by atoms with Gasteiger partial charge in [0.05, 0.1) is 24.7 Å². The first-order chi connectivity index (χ1) is 14.9. The van der Waals surface area contributed by atoms with E-state index in [1.807, 2.05) is 32.8 Å². The summed E-state index contributed by atoms with van der Waals surface area (Å²) in [5, 5.41) is 21.0. The lowest BCUT2D eigenvalue weighted by Gasteiger charge is -2.41. The molecular formula is C24H41NO7.